The van der Waals surface area contributed by atoms with E-state index in [9.17, 15) is 8.78 Å². The SMILES string of the molecule is CC1(C)CC(SCc2ccccc2OC(F)F)=NO1. The number of alkyl halides is 2. The molecule has 6 heteroatoms. The van der Waals surface area contributed by atoms with Gasteiger partial charge < -0.3 is 9.57 Å². The molecule has 0 saturated carbocycles. The Labute approximate surface area is 115 Å². The van der Waals surface area contributed by atoms with Crippen LogP contribution in [-0.2, 0) is 10.6 Å². The van der Waals surface area contributed by atoms with Crippen molar-refractivity contribution in [1.82, 2.24) is 0 Å². The van der Waals surface area contributed by atoms with Gasteiger partial charge in [0, 0.05) is 17.7 Å². The van der Waals surface area contributed by atoms with Crippen LogP contribution in [-0.4, -0.2) is 17.3 Å². The Morgan fingerprint density at radius 2 is 2.16 bits per heavy atom. The van der Waals surface area contributed by atoms with Gasteiger partial charge in [0.1, 0.15) is 16.4 Å². The first-order chi connectivity index (χ1) is 8.96. The number of oxime groups is 1. The summed E-state index contributed by atoms with van der Waals surface area (Å²) in [4.78, 5) is 5.25. The lowest BCUT2D eigenvalue weighted by molar-refractivity contribution is -0.0503. The van der Waals surface area contributed by atoms with Crippen molar-refractivity contribution in [3.05, 3.63) is 29.8 Å². The van der Waals surface area contributed by atoms with E-state index in [4.69, 9.17) is 4.84 Å². The molecule has 104 valence electrons. The van der Waals surface area contributed by atoms with Crippen molar-refractivity contribution in [2.75, 3.05) is 0 Å². The quantitative estimate of drug-likeness (QED) is 0.837. The third-order valence-corrected chi connectivity index (χ3v) is 3.56. The molecule has 1 heterocycles. The Hall–Kier alpha value is -1.30. The second-order valence-corrected chi connectivity index (χ2v) is 5.84. The normalized spacial score (nSPS) is 17.2. The number of halogens is 2. The second-order valence-electron chi connectivity index (χ2n) is 4.79. The van der Waals surface area contributed by atoms with Crippen LogP contribution in [0.4, 0.5) is 8.78 Å². The Morgan fingerprint density at radius 1 is 1.42 bits per heavy atom. The molecule has 0 aromatic heterocycles. The maximum absolute atomic E-state index is 12.3. The maximum atomic E-state index is 12.3. The largest absolute Gasteiger partial charge is 0.435 e. The van der Waals surface area contributed by atoms with E-state index in [0.717, 1.165) is 17.0 Å². The van der Waals surface area contributed by atoms with Gasteiger partial charge in [0.05, 0.1) is 0 Å². The van der Waals surface area contributed by atoms with Crippen molar-refractivity contribution in [1.29, 1.82) is 0 Å². The molecule has 0 bridgehead atoms. The lowest BCUT2D eigenvalue weighted by Gasteiger charge is -2.13. The monoisotopic (exact) mass is 287 g/mol. The molecule has 0 aliphatic carbocycles. The van der Waals surface area contributed by atoms with Gasteiger partial charge in [0.15, 0.2) is 0 Å². The first-order valence-electron chi connectivity index (χ1n) is 5.87. The standard InChI is InChI=1S/C13H15F2NO2S/c1-13(2)7-11(16-18-13)19-8-9-5-3-4-6-10(9)17-12(14)15/h3-6,12H,7-8H2,1-2H3. The third-order valence-electron chi connectivity index (χ3n) is 2.55. The molecule has 0 saturated heterocycles. The van der Waals surface area contributed by atoms with E-state index >= 15 is 0 Å². The van der Waals surface area contributed by atoms with Crippen LogP contribution in [0.1, 0.15) is 25.8 Å². The van der Waals surface area contributed by atoms with Crippen LogP contribution in [0, 0.1) is 0 Å². The summed E-state index contributed by atoms with van der Waals surface area (Å²) in [6.07, 6.45) is 0.732. The minimum Gasteiger partial charge on any atom is -0.435 e. The van der Waals surface area contributed by atoms with E-state index in [1.165, 1.54) is 11.8 Å². The first kappa shape index (κ1) is 14.1. The van der Waals surface area contributed by atoms with Gasteiger partial charge in [-0.05, 0) is 19.9 Å². The minimum absolute atomic E-state index is 0.212. The zero-order chi connectivity index (χ0) is 13.9. The lowest BCUT2D eigenvalue weighted by atomic mass is 10.1. The van der Waals surface area contributed by atoms with E-state index in [1.807, 2.05) is 13.8 Å². The molecule has 0 unspecified atom stereocenters. The average molecular weight is 287 g/mol. The van der Waals surface area contributed by atoms with Crippen LogP contribution in [0.5, 0.6) is 5.75 Å². The van der Waals surface area contributed by atoms with E-state index in [0.29, 0.717) is 5.75 Å². The average Bonchev–Trinajstić information content (AvgIpc) is 2.67. The Balaban J connectivity index is 1.96. The van der Waals surface area contributed by atoms with Crippen LogP contribution in [0.15, 0.2) is 29.4 Å². The number of rotatable bonds is 4. The Morgan fingerprint density at radius 3 is 2.79 bits per heavy atom. The number of para-hydroxylation sites is 1. The second kappa shape index (κ2) is 5.77. The van der Waals surface area contributed by atoms with Gasteiger partial charge in [-0.2, -0.15) is 8.78 Å². The van der Waals surface area contributed by atoms with Gasteiger partial charge in [-0.3, -0.25) is 0 Å². The number of hydrogen-bond acceptors (Lipinski definition) is 4. The molecule has 1 aromatic rings. The van der Waals surface area contributed by atoms with Crippen LogP contribution in [0.25, 0.3) is 0 Å². The maximum Gasteiger partial charge on any atom is 0.387 e. The third kappa shape index (κ3) is 4.09. The number of benzene rings is 1. The van der Waals surface area contributed by atoms with Crippen molar-refractivity contribution in [2.45, 2.75) is 38.2 Å². The number of nitrogens with zero attached hydrogens (tertiary/aromatic N) is 1. The summed E-state index contributed by atoms with van der Waals surface area (Å²) in [5.74, 6) is 0.741. The highest BCUT2D eigenvalue weighted by atomic mass is 32.2. The number of thioether (sulfide) groups is 1. The fourth-order valence-electron chi connectivity index (χ4n) is 1.68. The highest BCUT2D eigenvalue weighted by molar-refractivity contribution is 8.13. The predicted molar refractivity (Wildman–Crippen MR) is 71.6 cm³/mol. The summed E-state index contributed by atoms with van der Waals surface area (Å²) in [6, 6.07) is 6.78. The fourth-order valence-corrected chi connectivity index (χ4v) is 2.78. The van der Waals surface area contributed by atoms with E-state index in [1.54, 1.807) is 24.3 Å². The topological polar surface area (TPSA) is 30.8 Å². The van der Waals surface area contributed by atoms with Gasteiger partial charge in [-0.25, -0.2) is 0 Å². The number of hydrogen-bond donors (Lipinski definition) is 0. The van der Waals surface area contributed by atoms with Gasteiger partial charge in [0.2, 0.25) is 0 Å². The summed E-state index contributed by atoms with van der Waals surface area (Å²) in [5, 5.41) is 4.86. The molecule has 0 fully saturated rings. The van der Waals surface area contributed by atoms with E-state index in [2.05, 4.69) is 9.89 Å². The minimum atomic E-state index is -2.81. The summed E-state index contributed by atoms with van der Waals surface area (Å²) < 4.78 is 29.0. The van der Waals surface area contributed by atoms with E-state index < -0.39 is 6.61 Å². The summed E-state index contributed by atoms with van der Waals surface area (Å²) >= 11 is 1.48. The van der Waals surface area contributed by atoms with Gasteiger partial charge in [-0.15, -0.1) is 11.8 Å². The highest BCUT2D eigenvalue weighted by Gasteiger charge is 2.29. The molecule has 0 radical (unpaired) electrons. The zero-order valence-corrected chi connectivity index (χ0v) is 11.5. The molecule has 0 amide bonds. The van der Waals surface area contributed by atoms with Crippen molar-refractivity contribution in [3.63, 3.8) is 0 Å². The number of ether oxygens (including phenoxy) is 1. The highest BCUT2D eigenvalue weighted by Crippen LogP contribution is 2.31. The molecule has 2 rings (SSSR count). The van der Waals surface area contributed by atoms with Crippen molar-refractivity contribution in [2.24, 2.45) is 5.16 Å². The summed E-state index contributed by atoms with van der Waals surface area (Å²) in [6.45, 7) is 1.10. The molecule has 1 aromatic carbocycles. The van der Waals surface area contributed by atoms with Gasteiger partial charge in [-0.1, -0.05) is 23.4 Å². The molecule has 1 aliphatic rings. The molecule has 19 heavy (non-hydrogen) atoms. The summed E-state index contributed by atoms with van der Waals surface area (Å²) in [7, 11) is 0. The Kier molecular flexibility index (Phi) is 4.29. The lowest BCUT2D eigenvalue weighted by Crippen LogP contribution is -2.18. The molecule has 3 nitrogen and oxygen atoms in total. The van der Waals surface area contributed by atoms with Gasteiger partial charge >= 0.3 is 6.61 Å². The van der Waals surface area contributed by atoms with Crippen LogP contribution in [0.3, 0.4) is 0 Å². The smallest absolute Gasteiger partial charge is 0.387 e. The summed E-state index contributed by atoms with van der Waals surface area (Å²) in [5.41, 5.74) is 0.446. The first-order valence-corrected chi connectivity index (χ1v) is 6.85. The molecular weight excluding hydrogens is 272 g/mol. The van der Waals surface area contributed by atoms with Gasteiger partial charge in [0.25, 0.3) is 0 Å². The van der Waals surface area contributed by atoms with Crippen LogP contribution < -0.4 is 4.74 Å². The predicted octanol–water partition coefficient (Wildman–Crippen LogP) is 4.03. The van der Waals surface area contributed by atoms with E-state index in [-0.39, 0.29) is 11.4 Å². The van der Waals surface area contributed by atoms with Crippen LogP contribution in [0.2, 0.25) is 0 Å². The molecule has 0 spiro atoms. The van der Waals surface area contributed by atoms with Crippen molar-refractivity contribution in [3.8, 4) is 5.75 Å². The zero-order valence-electron chi connectivity index (χ0n) is 10.7. The molecular formula is C13H15F2NO2S. The van der Waals surface area contributed by atoms with Crippen LogP contribution >= 0.6 is 11.8 Å². The Bertz CT molecular complexity index is 477. The van der Waals surface area contributed by atoms with Crippen molar-refractivity contribution < 1.29 is 18.4 Å². The van der Waals surface area contributed by atoms with Crippen molar-refractivity contribution >= 4 is 16.8 Å². The molecule has 0 N–H and O–H groups in total. The molecule has 1 aliphatic heterocycles. The molecule has 0 atom stereocenters. The fraction of sp³-hybridized carbons (Fsp3) is 0.462.